The quantitative estimate of drug-likeness (QED) is 0.258. The van der Waals surface area contributed by atoms with E-state index < -0.39 is 0 Å². The summed E-state index contributed by atoms with van der Waals surface area (Å²) >= 11 is 0. The maximum absolute atomic E-state index is 11.0. The van der Waals surface area contributed by atoms with Gasteiger partial charge >= 0.3 is 0 Å². The molecule has 0 amide bonds. The fourth-order valence-electron chi connectivity index (χ4n) is 3.83. The van der Waals surface area contributed by atoms with Crippen molar-refractivity contribution in [1.29, 1.82) is 0 Å². The molecule has 2 N–H and O–H groups in total. The van der Waals surface area contributed by atoms with Crippen LogP contribution >= 0.6 is 0 Å². The van der Waals surface area contributed by atoms with E-state index in [2.05, 4.69) is 39.8 Å². The minimum Gasteiger partial charge on any atom is -0.507 e. The molecule has 28 heavy (non-hydrogen) atoms. The summed E-state index contributed by atoms with van der Waals surface area (Å²) < 4.78 is 0. The summed E-state index contributed by atoms with van der Waals surface area (Å²) in [6.07, 6.45) is 7.46. The highest BCUT2D eigenvalue weighted by atomic mass is 16.3. The lowest BCUT2D eigenvalue weighted by Gasteiger charge is -2.13. The second-order valence-corrected chi connectivity index (χ2v) is 8.56. The van der Waals surface area contributed by atoms with Crippen molar-refractivity contribution >= 4 is 21.5 Å². The minimum absolute atomic E-state index is 0.257. The smallest absolute Gasteiger partial charge is 0.131 e. The number of phenols is 2. The fourth-order valence-corrected chi connectivity index (χ4v) is 3.83. The van der Waals surface area contributed by atoms with Gasteiger partial charge in [0.25, 0.3) is 0 Å². The lowest BCUT2D eigenvalue weighted by molar-refractivity contribution is 0.478. The molecule has 0 heterocycles. The third-order valence-electron chi connectivity index (χ3n) is 5.42. The molecule has 3 rings (SSSR count). The van der Waals surface area contributed by atoms with E-state index in [0.29, 0.717) is 11.3 Å². The average Bonchev–Trinajstić information content (AvgIpc) is 2.65. The van der Waals surface area contributed by atoms with Crippen molar-refractivity contribution < 1.29 is 10.2 Å². The highest BCUT2D eigenvalue weighted by molar-refractivity contribution is 6.10. The van der Waals surface area contributed by atoms with Gasteiger partial charge in [-0.05, 0) is 68.7 Å². The van der Waals surface area contributed by atoms with Crippen LogP contribution < -0.4 is 0 Å². The molecule has 2 nitrogen and oxygen atoms in total. The number of aromatic hydroxyl groups is 2. The summed E-state index contributed by atoms with van der Waals surface area (Å²) in [5.74, 6) is 1.23. The fraction of sp³-hybridized carbons (Fsp3) is 0.385. The molecule has 0 bridgehead atoms. The molecule has 0 saturated carbocycles. The van der Waals surface area contributed by atoms with Gasteiger partial charge in [0.2, 0.25) is 0 Å². The first-order valence-electron chi connectivity index (χ1n) is 10.4. The molecule has 2 heteroatoms. The Balaban J connectivity index is 1.99. The Bertz CT molecular complexity index is 1010. The molecule has 3 aromatic carbocycles. The van der Waals surface area contributed by atoms with Crippen LogP contribution in [0.15, 0.2) is 48.0 Å². The zero-order valence-corrected chi connectivity index (χ0v) is 17.5. The Morgan fingerprint density at radius 1 is 0.821 bits per heavy atom. The molecular formula is C26H32O2. The van der Waals surface area contributed by atoms with E-state index in [4.69, 9.17) is 0 Å². The second kappa shape index (κ2) is 8.68. The van der Waals surface area contributed by atoms with Crippen molar-refractivity contribution in [1.82, 2.24) is 0 Å². The molecule has 148 valence electrons. The van der Waals surface area contributed by atoms with Gasteiger partial charge < -0.3 is 10.2 Å². The van der Waals surface area contributed by atoms with Gasteiger partial charge in [0.05, 0.1) is 0 Å². The minimum atomic E-state index is 0.257. The normalized spacial score (nSPS) is 11.5. The van der Waals surface area contributed by atoms with Crippen LogP contribution in [0.25, 0.3) is 21.5 Å². The third kappa shape index (κ3) is 4.49. The summed E-state index contributed by atoms with van der Waals surface area (Å²) in [7, 11) is 0. The SMILES string of the molecule is CC(C)=CCCc1ccc2c(O)c3ccc(CCCC(C)C)cc3c(O)c2c1. The van der Waals surface area contributed by atoms with E-state index in [9.17, 15) is 10.2 Å². The average molecular weight is 377 g/mol. The van der Waals surface area contributed by atoms with Gasteiger partial charge in [0.1, 0.15) is 11.5 Å². The zero-order valence-electron chi connectivity index (χ0n) is 17.5. The van der Waals surface area contributed by atoms with Crippen LogP contribution in [-0.2, 0) is 12.8 Å². The molecule has 0 aromatic heterocycles. The van der Waals surface area contributed by atoms with E-state index in [1.165, 1.54) is 23.1 Å². The Morgan fingerprint density at radius 2 is 1.36 bits per heavy atom. The van der Waals surface area contributed by atoms with Gasteiger partial charge in [0, 0.05) is 21.5 Å². The molecule has 0 fully saturated rings. The largest absolute Gasteiger partial charge is 0.507 e. The number of hydrogen-bond acceptors (Lipinski definition) is 2. The van der Waals surface area contributed by atoms with E-state index in [1.54, 1.807) is 0 Å². The highest BCUT2D eigenvalue weighted by Gasteiger charge is 2.14. The number of hydrogen-bond donors (Lipinski definition) is 2. The van der Waals surface area contributed by atoms with Crippen molar-refractivity contribution in [3.63, 3.8) is 0 Å². The Labute approximate surface area is 168 Å². The van der Waals surface area contributed by atoms with Crippen LogP contribution in [0.1, 0.15) is 58.1 Å². The van der Waals surface area contributed by atoms with Gasteiger partial charge in [-0.1, -0.05) is 56.2 Å². The molecule has 3 aromatic rings. The van der Waals surface area contributed by atoms with Gasteiger partial charge in [-0.2, -0.15) is 0 Å². The summed E-state index contributed by atoms with van der Waals surface area (Å²) in [6, 6.07) is 12.1. The Kier molecular flexibility index (Phi) is 6.28. The van der Waals surface area contributed by atoms with Crippen LogP contribution in [-0.4, -0.2) is 10.2 Å². The zero-order chi connectivity index (χ0) is 20.3. The number of aryl methyl sites for hydroxylation is 2. The van der Waals surface area contributed by atoms with E-state index in [-0.39, 0.29) is 11.5 Å². The second-order valence-electron chi connectivity index (χ2n) is 8.56. The van der Waals surface area contributed by atoms with Gasteiger partial charge in [-0.15, -0.1) is 0 Å². The summed E-state index contributed by atoms with van der Waals surface area (Å²) in [4.78, 5) is 0. The molecule has 0 saturated heterocycles. The van der Waals surface area contributed by atoms with Crippen LogP contribution in [0.4, 0.5) is 0 Å². The summed E-state index contributed by atoms with van der Waals surface area (Å²) in [5, 5.41) is 24.7. The van der Waals surface area contributed by atoms with E-state index >= 15 is 0 Å². The van der Waals surface area contributed by atoms with E-state index in [0.717, 1.165) is 41.8 Å². The molecule has 0 aliphatic rings. The first kappa shape index (κ1) is 20.3. The number of fused-ring (bicyclic) bond motifs is 2. The first-order valence-corrected chi connectivity index (χ1v) is 10.4. The topological polar surface area (TPSA) is 40.5 Å². The van der Waals surface area contributed by atoms with Crippen molar-refractivity contribution in [2.45, 2.75) is 59.8 Å². The van der Waals surface area contributed by atoms with Crippen molar-refractivity contribution in [2.75, 3.05) is 0 Å². The van der Waals surface area contributed by atoms with Gasteiger partial charge in [-0.3, -0.25) is 0 Å². The summed E-state index contributed by atoms with van der Waals surface area (Å²) in [5.41, 5.74) is 3.70. The number of rotatable bonds is 7. The van der Waals surface area contributed by atoms with Crippen molar-refractivity contribution in [3.05, 3.63) is 59.2 Å². The number of allylic oxidation sites excluding steroid dienone is 2. The van der Waals surface area contributed by atoms with Crippen molar-refractivity contribution in [2.24, 2.45) is 5.92 Å². The van der Waals surface area contributed by atoms with Gasteiger partial charge in [0.15, 0.2) is 0 Å². The van der Waals surface area contributed by atoms with E-state index in [1.807, 2.05) is 30.3 Å². The van der Waals surface area contributed by atoms with Crippen LogP contribution in [0.3, 0.4) is 0 Å². The molecule has 0 aliphatic heterocycles. The van der Waals surface area contributed by atoms with Crippen molar-refractivity contribution in [3.8, 4) is 11.5 Å². The predicted molar refractivity (Wildman–Crippen MR) is 120 cm³/mol. The maximum atomic E-state index is 11.0. The number of benzene rings is 3. The van der Waals surface area contributed by atoms with Crippen LogP contribution in [0.2, 0.25) is 0 Å². The standard InChI is InChI=1S/C26H32O2/c1-17(2)7-5-9-19-11-13-21-23(15-19)26(28)24-16-20(10-6-8-18(3)4)12-14-22(24)25(21)27/h7,11-16,18,27-28H,5-6,8-10H2,1-4H3. The maximum Gasteiger partial charge on any atom is 0.131 e. The number of phenolic OH excluding ortho intramolecular Hbond substituents is 2. The summed E-state index contributed by atoms with van der Waals surface area (Å²) in [6.45, 7) is 8.70. The van der Waals surface area contributed by atoms with Crippen LogP contribution in [0, 0.1) is 5.92 Å². The molecule has 0 spiro atoms. The lowest BCUT2D eigenvalue weighted by atomic mass is 9.95. The highest BCUT2D eigenvalue weighted by Crippen LogP contribution is 2.42. The van der Waals surface area contributed by atoms with Crippen LogP contribution in [0.5, 0.6) is 11.5 Å². The predicted octanol–water partition coefficient (Wildman–Crippen LogP) is 7.28. The first-order chi connectivity index (χ1) is 13.4. The third-order valence-corrected chi connectivity index (χ3v) is 5.42. The Hall–Kier alpha value is -2.48. The monoisotopic (exact) mass is 376 g/mol. The molecule has 0 unspecified atom stereocenters. The molecule has 0 atom stereocenters. The Morgan fingerprint density at radius 3 is 1.89 bits per heavy atom. The van der Waals surface area contributed by atoms with Gasteiger partial charge in [-0.25, -0.2) is 0 Å². The molecule has 0 aliphatic carbocycles. The lowest BCUT2D eigenvalue weighted by Crippen LogP contribution is -1.92. The molecular weight excluding hydrogens is 344 g/mol. The molecule has 0 radical (unpaired) electrons.